The molecule has 4 rings (SSSR count). The lowest BCUT2D eigenvalue weighted by Crippen LogP contribution is -2.50. The van der Waals surface area contributed by atoms with Gasteiger partial charge in [0, 0.05) is 36.8 Å². The molecule has 1 aromatic carbocycles. The Labute approximate surface area is 195 Å². The van der Waals surface area contributed by atoms with Crippen molar-refractivity contribution in [2.45, 2.75) is 38.9 Å². The third kappa shape index (κ3) is 5.03. The first-order valence-electron chi connectivity index (χ1n) is 11.1. The van der Waals surface area contributed by atoms with E-state index in [0.717, 1.165) is 30.7 Å². The standard InChI is InChI=1S/C25H25F3N4O2/c1-16-7-4-13-32(20(16)15-34-21-10-9-18(14-31-21)25(26,27)28)24(33)19-8-3-6-17(2)22(19)23-29-11-5-12-30-23/h3,5-6,8-12,14,16,20H,4,7,13,15H2,1-2H3/t16-,20-/m1/s1. The number of carbonyl (C=O) groups is 1. The Morgan fingerprint density at radius 2 is 1.88 bits per heavy atom. The van der Waals surface area contributed by atoms with Crippen LogP contribution in [0.3, 0.4) is 0 Å². The number of amides is 1. The molecule has 0 bridgehead atoms. The first kappa shape index (κ1) is 23.7. The van der Waals surface area contributed by atoms with Crippen LogP contribution in [0, 0.1) is 12.8 Å². The molecule has 0 spiro atoms. The highest BCUT2D eigenvalue weighted by atomic mass is 19.4. The molecule has 3 aromatic rings. The number of pyridine rings is 1. The van der Waals surface area contributed by atoms with Gasteiger partial charge in [0.15, 0.2) is 5.82 Å². The smallest absolute Gasteiger partial charge is 0.417 e. The van der Waals surface area contributed by atoms with Gasteiger partial charge in [-0.1, -0.05) is 19.1 Å². The molecule has 3 heterocycles. The molecule has 2 aromatic heterocycles. The van der Waals surface area contributed by atoms with E-state index >= 15 is 0 Å². The fourth-order valence-corrected chi connectivity index (χ4v) is 4.29. The van der Waals surface area contributed by atoms with Crippen LogP contribution < -0.4 is 4.74 Å². The number of likely N-dealkylation sites (tertiary alicyclic amines) is 1. The number of hydrogen-bond donors (Lipinski definition) is 0. The number of benzene rings is 1. The molecule has 34 heavy (non-hydrogen) atoms. The Balaban J connectivity index is 1.57. The number of nitrogens with zero attached hydrogens (tertiary/aromatic N) is 4. The van der Waals surface area contributed by atoms with Crippen LogP contribution in [0.15, 0.2) is 55.0 Å². The normalized spacial score (nSPS) is 18.6. The molecule has 0 aliphatic carbocycles. The van der Waals surface area contributed by atoms with Crippen molar-refractivity contribution in [2.75, 3.05) is 13.2 Å². The average Bonchev–Trinajstić information content (AvgIpc) is 2.83. The van der Waals surface area contributed by atoms with E-state index in [4.69, 9.17) is 4.74 Å². The van der Waals surface area contributed by atoms with Gasteiger partial charge >= 0.3 is 6.18 Å². The van der Waals surface area contributed by atoms with Gasteiger partial charge in [0.25, 0.3) is 5.91 Å². The molecule has 1 saturated heterocycles. The topological polar surface area (TPSA) is 68.2 Å². The predicted molar refractivity (Wildman–Crippen MR) is 120 cm³/mol. The van der Waals surface area contributed by atoms with E-state index in [1.807, 2.05) is 26.0 Å². The zero-order valence-corrected chi connectivity index (χ0v) is 18.9. The van der Waals surface area contributed by atoms with Crippen LogP contribution in [-0.2, 0) is 6.18 Å². The second-order valence-electron chi connectivity index (χ2n) is 8.45. The van der Waals surface area contributed by atoms with Gasteiger partial charge in [0.05, 0.1) is 17.2 Å². The van der Waals surface area contributed by atoms with E-state index in [2.05, 4.69) is 15.0 Å². The van der Waals surface area contributed by atoms with E-state index in [-0.39, 0.29) is 30.4 Å². The van der Waals surface area contributed by atoms with Crippen molar-refractivity contribution < 1.29 is 22.7 Å². The molecule has 6 nitrogen and oxygen atoms in total. The summed E-state index contributed by atoms with van der Waals surface area (Å²) in [6, 6.07) is 9.13. The maximum Gasteiger partial charge on any atom is 0.417 e. The van der Waals surface area contributed by atoms with E-state index in [9.17, 15) is 18.0 Å². The van der Waals surface area contributed by atoms with Gasteiger partial charge in [0.1, 0.15) is 6.61 Å². The Hall–Kier alpha value is -3.49. The van der Waals surface area contributed by atoms with Crippen LogP contribution in [0.25, 0.3) is 11.4 Å². The van der Waals surface area contributed by atoms with Gasteiger partial charge in [-0.2, -0.15) is 13.2 Å². The Morgan fingerprint density at radius 1 is 1.12 bits per heavy atom. The summed E-state index contributed by atoms with van der Waals surface area (Å²) < 4.78 is 44.1. The predicted octanol–water partition coefficient (Wildman–Crippen LogP) is 5.19. The van der Waals surface area contributed by atoms with E-state index in [0.29, 0.717) is 23.5 Å². The molecule has 2 atom stereocenters. The van der Waals surface area contributed by atoms with Gasteiger partial charge in [-0.05, 0) is 49.4 Å². The highest BCUT2D eigenvalue weighted by molar-refractivity contribution is 6.01. The molecule has 9 heteroatoms. The zero-order valence-electron chi connectivity index (χ0n) is 18.9. The number of ether oxygens (including phenoxy) is 1. The number of rotatable bonds is 5. The van der Waals surface area contributed by atoms with E-state index in [1.165, 1.54) is 6.07 Å². The first-order valence-corrected chi connectivity index (χ1v) is 11.1. The highest BCUT2D eigenvalue weighted by Crippen LogP contribution is 2.31. The van der Waals surface area contributed by atoms with Crippen LogP contribution in [0.4, 0.5) is 13.2 Å². The number of alkyl halides is 3. The number of aromatic nitrogens is 3. The van der Waals surface area contributed by atoms with E-state index in [1.54, 1.807) is 29.4 Å². The van der Waals surface area contributed by atoms with Crippen molar-refractivity contribution in [1.29, 1.82) is 0 Å². The molecule has 0 saturated carbocycles. The first-order chi connectivity index (χ1) is 16.3. The van der Waals surface area contributed by atoms with Gasteiger partial charge in [-0.15, -0.1) is 0 Å². The third-order valence-electron chi connectivity index (χ3n) is 6.13. The van der Waals surface area contributed by atoms with Crippen LogP contribution in [0.2, 0.25) is 0 Å². The van der Waals surface area contributed by atoms with Gasteiger partial charge in [-0.25, -0.2) is 15.0 Å². The van der Waals surface area contributed by atoms with Crippen LogP contribution >= 0.6 is 0 Å². The summed E-state index contributed by atoms with van der Waals surface area (Å²) in [5.41, 5.74) is 1.26. The molecule has 1 fully saturated rings. The van der Waals surface area contributed by atoms with Crippen LogP contribution in [0.5, 0.6) is 5.88 Å². The SMILES string of the molecule is Cc1cccc(C(=O)N2CCC[C@@H](C)[C@H]2COc2ccc(C(F)(F)F)cn2)c1-c1ncccn1. The van der Waals surface area contributed by atoms with Crippen molar-refractivity contribution in [3.05, 3.63) is 71.7 Å². The summed E-state index contributed by atoms with van der Waals surface area (Å²) in [5.74, 6) is 0.572. The van der Waals surface area contributed by atoms with Gasteiger partial charge in [0.2, 0.25) is 5.88 Å². The summed E-state index contributed by atoms with van der Waals surface area (Å²) >= 11 is 0. The number of hydrogen-bond acceptors (Lipinski definition) is 5. The molecular weight excluding hydrogens is 445 g/mol. The Bertz CT molecular complexity index is 1140. The lowest BCUT2D eigenvalue weighted by Gasteiger charge is -2.40. The molecular formula is C25H25F3N4O2. The minimum Gasteiger partial charge on any atom is -0.475 e. The van der Waals surface area contributed by atoms with Crippen molar-refractivity contribution in [3.63, 3.8) is 0 Å². The fourth-order valence-electron chi connectivity index (χ4n) is 4.29. The van der Waals surface area contributed by atoms with Crippen molar-refractivity contribution in [2.24, 2.45) is 5.92 Å². The van der Waals surface area contributed by atoms with Crippen LogP contribution in [0.1, 0.15) is 41.3 Å². The van der Waals surface area contributed by atoms with Crippen LogP contribution in [-0.4, -0.2) is 45.0 Å². The summed E-state index contributed by atoms with van der Waals surface area (Å²) in [5, 5.41) is 0. The quantitative estimate of drug-likeness (QED) is 0.514. The third-order valence-corrected chi connectivity index (χ3v) is 6.13. The van der Waals surface area contributed by atoms with Gasteiger partial charge < -0.3 is 9.64 Å². The summed E-state index contributed by atoms with van der Waals surface area (Å²) in [6.45, 7) is 4.65. The molecule has 1 amide bonds. The minimum atomic E-state index is -4.46. The number of halogens is 3. The van der Waals surface area contributed by atoms with Gasteiger partial charge in [-0.3, -0.25) is 4.79 Å². The molecule has 1 aliphatic heterocycles. The lowest BCUT2D eigenvalue weighted by atomic mass is 9.90. The fraction of sp³-hybridized carbons (Fsp3) is 0.360. The molecule has 0 unspecified atom stereocenters. The van der Waals surface area contributed by atoms with Crippen molar-refractivity contribution in [1.82, 2.24) is 19.9 Å². The second kappa shape index (κ2) is 9.79. The summed E-state index contributed by atoms with van der Waals surface area (Å²) in [4.78, 5) is 28.0. The molecule has 0 radical (unpaired) electrons. The van der Waals surface area contributed by atoms with E-state index < -0.39 is 11.7 Å². The maximum absolute atomic E-state index is 13.7. The molecule has 178 valence electrons. The number of aryl methyl sites for hydroxylation is 1. The lowest BCUT2D eigenvalue weighted by molar-refractivity contribution is -0.137. The minimum absolute atomic E-state index is 0.0899. The monoisotopic (exact) mass is 470 g/mol. The summed E-state index contributed by atoms with van der Waals surface area (Å²) in [7, 11) is 0. The molecule has 1 aliphatic rings. The number of piperidine rings is 1. The average molecular weight is 470 g/mol. The summed E-state index contributed by atoms with van der Waals surface area (Å²) in [6.07, 6.45) is 1.34. The zero-order chi connectivity index (χ0) is 24.3. The second-order valence-corrected chi connectivity index (χ2v) is 8.45. The van der Waals surface area contributed by atoms with Crippen molar-refractivity contribution in [3.8, 4) is 17.3 Å². The maximum atomic E-state index is 13.7. The largest absolute Gasteiger partial charge is 0.475 e. The Morgan fingerprint density at radius 3 is 2.56 bits per heavy atom. The molecule has 0 N–H and O–H groups in total. The highest BCUT2D eigenvalue weighted by Gasteiger charge is 2.35. The number of carbonyl (C=O) groups excluding carboxylic acids is 1. The Kier molecular flexibility index (Phi) is 6.81. The van der Waals surface area contributed by atoms with Crippen molar-refractivity contribution >= 4 is 5.91 Å².